The third kappa shape index (κ3) is 1.98. The summed E-state index contributed by atoms with van der Waals surface area (Å²) in [5, 5.41) is 0. The normalized spacial score (nSPS) is 40.3. The first kappa shape index (κ1) is 10.5. The Labute approximate surface area is 88.4 Å². The van der Waals surface area contributed by atoms with Gasteiger partial charge in [0.05, 0.1) is 0 Å². The first-order valence-corrected chi connectivity index (χ1v) is 6.53. The summed E-state index contributed by atoms with van der Waals surface area (Å²) in [6.07, 6.45) is 10.4. The Hall–Kier alpha value is -0.0400. The molecule has 0 aromatic rings. The maximum absolute atomic E-state index is 5.82. The summed E-state index contributed by atoms with van der Waals surface area (Å²) in [5.41, 5.74) is 5.82. The minimum atomic E-state index is 0.765. The summed E-state index contributed by atoms with van der Waals surface area (Å²) in [6.45, 7) is 3.26. The fourth-order valence-electron chi connectivity index (χ4n) is 3.87. The van der Waals surface area contributed by atoms with Crippen LogP contribution in [0.5, 0.6) is 0 Å². The van der Waals surface area contributed by atoms with E-state index in [9.17, 15) is 0 Å². The van der Waals surface area contributed by atoms with Gasteiger partial charge in [0.1, 0.15) is 0 Å². The van der Waals surface area contributed by atoms with Gasteiger partial charge < -0.3 is 5.73 Å². The van der Waals surface area contributed by atoms with Gasteiger partial charge in [0.25, 0.3) is 0 Å². The summed E-state index contributed by atoms with van der Waals surface area (Å²) in [7, 11) is 0. The molecule has 0 aliphatic heterocycles. The molecule has 4 atom stereocenters. The monoisotopic (exact) mass is 195 g/mol. The van der Waals surface area contributed by atoms with Gasteiger partial charge in [-0.15, -0.1) is 0 Å². The van der Waals surface area contributed by atoms with Crippen molar-refractivity contribution in [2.45, 2.75) is 51.9 Å². The molecular weight excluding hydrogens is 170 g/mol. The van der Waals surface area contributed by atoms with Crippen LogP contribution in [0.3, 0.4) is 0 Å². The van der Waals surface area contributed by atoms with E-state index in [1.807, 2.05) is 0 Å². The first-order chi connectivity index (χ1) is 6.83. The van der Waals surface area contributed by atoms with E-state index in [1.165, 1.54) is 44.9 Å². The quantitative estimate of drug-likeness (QED) is 0.719. The minimum Gasteiger partial charge on any atom is -0.330 e. The molecule has 0 amide bonds. The van der Waals surface area contributed by atoms with Gasteiger partial charge in [-0.25, -0.2) is 0 Å². The minimum absolute atomic E-state index is 0.765. The molecule has 0 bridgehead atoms. The Balaban J connectivity index is 2.01. The largest absolute Gasteiger partial charge is 0.330 e. The Kier molecular flexibility index (Phi) is 3.48. The molecular formula is C13H25N. The van der Waals surface area contributed by atoms with Crippen molar-refractivity contribution in [3.63, 3.8) is 0 Å². The van der Waals surface area contributed by atoms with Crippen molar-refractivity contribution in [3.05, 3.63) is 0 Å². The molecule has 0 heterocycles. The van der Waals surface area contributed by atoms with Gasteiger partial charge in [0.2, 0.25) is 0 Å². The summed E-state index contributed by atoms with van der Waals surface area (Å²) in [5.74, 6) is 3.83. The van der Waals surface area contributed by atoms with Crippen LogP contribution in [0.2, 0.25) is 0 Å². The van der Waals surface area contributed by atoms with Crippen molar-refractivity contribution >= 4 is 0 Å². The zero-order valence-electron chi connectivity index (χ0n) is 9.54. The van der Waals surface area contributed by atoms with Crippen LogP contribution in [0, 0.1) is 23.7 Å². The second-order valence-electron chi connectivity index (χ2n) is 5.52. The van der Waals surface area contributed by atoms with E-state index >= 15 is 0 Å². The molecule has 2 N–H and O–H groups in total. The lowest BCUT2D eigenvalue weighted by Gasteiger charge is -2.43. The summed E-state index contributed by atoms with van der Waals surface area (Å²) >= 11 is 0. The maximum atomic E-state index is 5.82. The van der Waals surface area contributed by atoms with Gasteiger partial charge in [-0.2, -0.15) is 0 Å². The van der Waals surface area contributed by atoms with Crippen LogP contribution in [0.25, 0.3) is 0 Å². The zero-order chi connectivity index (χ0) is 9.97. The molecule has 2 saturated carbocycles. The summed E-state index contributed by atoms with van der Waals surface area (Å²) in [4.78, 5) is 0. The molecule has 0 spiro atoms. The number of rotatable bonds is 2. The van der Waals surface area contributed by atoms with Crippen LogP contribution < -0.4 is 5.73 Å². The molecule has 2 fully saturated rings. The summed E-state index contributed by atoms with van der Waals surface area (Å²) < 4.78 is 0. The molecule has 0 aromatic carbocycles. The first-order valence-electron chi connectivity index (χ1n) is 6.53. The van der Waals surface area contributed by atoms with Gasteiger partial charge in [-0.3, -0.25) is 0 Å². The Morgan fingerprint density at radius 3 is 2.57 bits per heavy atom. The molecule has 2 aliphatic rings. The standard InChI is InChI=1S/C13H25N/c1-10(9-14)12-8-4-6-11-5-2-3-7-13(11)12/h10-13H,2-9,14H2,1H3. The van der Waals surface area contributed by atoms with Crippen molar-refractivity contribution in [1.29, 1.82) is 0 Å². The number of hydrogen-bond acceptors (Lipinski definition) is 1. The van der Waals surface area contributed by atoms with Crippen LogP contribution in [0.4, 0.5) is 0 Å². The average Bonchev–Trinajstić information content (AvgIpc) is 2.27. The second kappa shape index (κ2) is 4.65. The van der Waals surface area contributed by atoms with E-state index in [-0.39, 0.29) is 0 Å². The van der Waals surface area contributed by atoms with E-state index in [0.29, 0.717) is 0 Å². The molecule has 0 saturated heterocycles. The lowest BCUT2D eigenvalue weighted by atomic mass is 9.62. The lowest BCUT2D eigenvalue weighted by Crippen LogP contribution is -2.36. The van der Waals surface area contributed by atoms with E-state index in [4.69, 9.17) is 5.73 Å². The highest BCUT2D eigenvalue weighted by Crippen LogP contribution is 2.46. The van der Waals surface area contributed by atoms with Gasteiger partial charge in [0.15, 0.2) is 0 Å². The third-order valence-electron chi connectivity index (χ3n) is 4.73. The molecule has 82 valence electrons. The molecule has 14 heavy (non-hydrogen) atoms. The van der Waals surface area contributed by atoms with E-state index in [1.54, 1.807) is 0 Å². The van der Waals surface area contributed by atoms with Crippen molar-refractivity contribution in [3.8, 4) is 0 Å². The fraction of sp³-hybridized carbons (Fsp3) is 1.00. The fourth-order valence-corrected chi connectivity index (χ4v) is 3.87. The van der Waals surface area contributed by atoms with Crippen molar-refractivity contribution in [2.75, 3.05) is 6.54 Å². The van der Waals surface area contributed by atoms with Crippen LogP contribution in [-0.4, -0.2) is 6.54 Å². The number of fused-ring (bicyclic) bond motifs is 1. The third-order valence-corrected chi connectivity index (χ3v) is 4.73. The molecule has 1 nitrogen and oxygen atoms in total. The highest BCUT2D eigenvalue weighted by atomic mass is 14.6. The topological polar surface area (TPSA) is 26.0 Å². The van der Waals surface area contributed by atoms with E-state index in [0.717, 1.165) is 30.2 Å². The number of hydrogen-bond donors (Lipinski definition) is 1. The molecule has 4 unspecified atom stereocenters. The van der Waals surface area contributed by atoms with Crippen LogP contribution >= 0.6 is 0 Å². The molecule has 2 rings (SSSR count). The van der Waals surface area contributed by atoms with Gasteiger partial charge in [-0.1, -0.05) is 39.0 Å². The van der Waals surface area contributed by atoms with Crippen LogP contribution in [0.1, 0.15) is 51.9 Å². The van der Waals surface area contributed by atoms with Gasteiger partial charge in [0, 0.05) is 0 Å². The second-order valence-corrected chi connectivity index (χ2v) is 5.52. The van der Waals surface area contributed by atoms with Gasteiger partial charge in [-0.05, 0) is 43.1 Å². The van der Waals surface area contributed by atoms with Crippen LogP contribution in [0.15, 0.2) is 0 Å². The number of nitrogens with two attached hydrogens (primary N) is 1. The molecule has 0 aromatic heterocycles. The lowest BCUT2D eigenvalue weighted by molar-refractivity contribution is 0.0718. The molecule has 0 radical (unpaired) electrons. The Morgan fingerprint density at radius 2 is 1.79 bits per heavy atom. The van der Waals surface area contributed by atoms with Crippen molar-refractivity contribution in [2.24, 2.45) is 29.4 Å². The highest BCUT2D eigenvalue weighted by Gasteiger charge is 2.36. The van der Waals surface area contributed by atoms with E-state index in [2.05, 4.69) is 6.92 Å². The molecule has 2 aliphatic carbocycles. The Morgan fingerprint density at radius 1 is 1.07 bits per heavy atom. The van der Waals surface area contributed by atoms with Crippen molar-refractivity contribution in [1.82, 2.24) is 0 Å². The Bertz CT molecular complexity index is 174. The van der Waals surface area contributed by atoms with Gasteiger partial charge >= 0.3 is 0 Å². The average molecular weight is 195 g/mol. The SMILES string of the molecule is CC(CN)C1CCCC2CCCCC21. The summed E-state index contributed by atoms with van der Waals surface area (Å²) in [6, 6.07) is 0. The molecule has 1 heteroatoms. The maximum Gasteiger partial charge on any atom is -0.00488 e. The van der Waals surface area contributed by atoms with E-state index < -0.39 is 0 Å². The highest BCUT2D eigenvalue weighted by molar-refractivity contribution is 4.87. The predicted molar refractivity (Wildman–Crippen MR) is 61.0 cm³/mol. The van der Waals surface area contributed by atoms with Crippen LogP contribution in [-0.2, 0) is 0 Å². The predicted octanol–water partition coefficient (Wildman–Crippen LogP) is 3.19. The zero-order valence-corrected chi connectivity index (χ0v) is 9.54. The van der Waals surface area contributed by atoms with Crippen molar-refractivity contribution < 1.29 is 0 Å². The smallest absolute Gasteiger partial charge is 0.00488 e.